The fraction of sp³-hybridized carbons (Fsp3) is 0.179. The SMILES string of the molecule is C=CCn1c(=O)c(=O)n(Cc2ccc(C(=O)NC[C@@H](C)c3ccccc3)cc2)c2ccccc21. The molecule has 0 aliphatic rings. The van der Waals surface area contributed by atoms with Crippen molar-refractivity contribution in [2.75, 3.05) is 6.54 Å². The summed E-state index contributed by atoms with van der Waals surface area (Å²) < 4.78 is 2.92. The molecule has 0 fully saturated rings. The molecule has 172 valence electrons. The molecule has 1 atom stereocenters. The van der Waals surface area contributed by atoms with E-state index in [0.717, 1.165) is 5.56 Å². The molecule has 0 unspecified atom stereocenters. The zero-order chi connectivity index (χ0) is 24.1. The van der Waals surface area contributed by atoms with Gasteiger partial charge in [-0.1, -0.05) is 67.6 Å². The van der Waals surface area contributed by atoms with Crippen LogP contribution in [0.25, 0.3) is 11.0 Å². The monoisotopic (exact) mass is 453 g/mol. The largest absolute Gasteiger partial charge is 0.351 e. The molecular weight excluding hydrogens is 426 g/mol. The first kappa shape index (κ1) is 23.0. The second-order valence-electron chi connectivity index (χ2n) is 8.30. The van der Waals surface area contributed by atoms with Gasteiger partial charge in [-0.3, -0.25) is 23.5 Å². The number of nitrogens with one attached hydrogen (secondary N) is 1. The maximum absolute atomic E-state index is 12.9. The maximum atomic E-state index is 12.9. The summed E-state index contributed by atoms with van der Waals surface area (Å²) in [7, 11) is 0. The van der Waals surface area contributed by atoms with Crippen LogP contribution in [-0.2, 0) is 13.1 Å². The van der Waals surface area contributed by atoms with E-state index >= 15 is 0 Å². The number of benzene rings is 3. The summed E-state index contributed by atoms with van der Waals surface area (Å²) in [6, 6.07) is 24.5. The van der Waals surface area contributed by atoms with E-state index in [1.165, 1.54) is 14.7 Å². The first-order valence-electron chi connectivity index (χ1n) is 11.2. The first-order valence-corrected chi connectivity index (χ1v) is 11.2. The van der Waals surface area contributed by atoms with Gasteiger partial charge in [0.15, 0.2) is 0 Å². The molecule has 0 spiro atoms. The Morgan fingerprint density at radius 2 is 1.47 bits per heavy atom. The molecule has 0 radical (unpaired) electrons. The van der Waals surface area contributed by atoms with E-state index in [4.69, 9.17) is 0 Å². The van der Waals surface area contributed by atoms with Crippen LogP contribution < -0.4 is 16.4 Å². The molecule has 6 heteroatoms. The topological polar surface area (TPSA) is 73.1 Å². The number of allylic oxidation sites excluding steroid dienone is 1. The predicted molar refractivity (Wildman–Crippen MR) is 135 cm³/mol. The van der Waals surface area contributed by atoms with Crippen LogP contribution in [0.1, 0.15) is 34.3 Å². The van der Waals surface area contributed by atoms with Gasteiger partial charge in [0.1, 0.15) is 0 Å². The van der Waals surface area contributed by atoms with Crippen molar-refractivity contribution in [2.24, 2.45) is 0 Å². The zero-order valence-electron chi connectivity index (χ0n) is 19.1. The van der Waals surface area contributed by atoms with Crippen LogP contribution in [0.3, 0.4) is 0 Å². The maximum Gasteiger partial charge on any atom is 0.317 e. The van der Waals surface area contributed by atoms with Gasteiger partial charge in [0, 0.05) is 18.7 Å². The third-order valence-corrected chi connectivity index (χ3v) is 5.94. The molecular formula is C28H27N3O3. The van der Waals surface area contributed by atoms with Gasteiger partial charge < -0.3 is 5.32 Å². The Morgan fingerprint density at radius 1 is 0.882 bits per heavy atom. The lowest BCUT2D eigenvalue weighted by molar-refractivity contribution is 0.0951. The van der Waals surface area contributed by atoms with Gasteiger partial charge >= 0.3 is 11.1 Å². The van der Waals surface area contributed by atoms with Crippen molar-refractivity contribution in [2.45, 2.75) is 25.9 Å². The Kier molecular flexibility index (Phi) is 6.87. The van der Waals surface area contributed by atoms with Crippen LogP contribution in [0.5, 0.6) is 0 Å². The van der Waals surface area contributed by atoms with Gasteiger partial charge in [0.05, 0.1) is 17.6 Å². The third kappa shape index (κ3) is 4.76. The predicted octanol–water partition coefficient (Wildman–Crippen LogP) is 3.93. The van der Waals surface area contributed by atoms with Gasteiger partial charge in [-0.05, 0) is 41.3 Å². The fourth-order valence-corrected chi connectivity index (χ4v) is 4.03. The summed E-state index contributed by atoms with van der Waals surface area (Å²) in [6.07, 6.45) is 1.60. The highest BCUT2D eigenvalue weighted by molar-refractivity contribution is 5.94. The number of carbonyl (C=O) groups excluding carboxylic acids is 1. The summed E-state index contributed by atoms with van der Waals surface area (Å²) in [5.41, 5.74) is 2.72. The van der Waals surface area contributed by atoms with Gasteiger partial charge in [-0.25, -0.2) is 0 Å². The van der Waals surface area contributed by atoms with Gasteiger partial charge in [-0.2, -0.15) is 0 Å². The minimum atomic E-state index is -0.586. The molecule has 1 aromatic heterocycles. The van der Waals surface area contributed by atoms with Crippen LogP contribution in [0.15, 0.2) is 101 Å². The molecule has 1 N–H and O–H groups in total. The normalized spacial score (nSPS) is 11.8. The van der Waals surface area contributed by atoms with E-state index in [-0.39, 0.29) is 24.9 Å². The van der Waals surface area contributed by atoms with Crippen molar-refractivity contribution in [1.82, 2.24) is 14.5 Å². The molecule has 0 bridgehead atoms. The van der Waals surface area contributed by atoms with E-state index < -0.39 is 11.1 Å². The van der Waals surface area contributed by atoms with E-state index in [1.807, 2.05) is 66.7 Å². The van der Waals surface area contributed by atoms with E-state index in [2.05, 4.69) is 18.8 Å². The number of aromatic nitrogens is 2. The van der Waals surface area contributed by atoms with Crippen molar-refractivity contribution in [3.63, 3.8) is 0 Å². The van der Waals surface area contributed by atoms with Crippen molar-refractivity contribution in [1.29, 1.82) is 0 Å². The summed E-state index contributed by atoms with van der Waals surface area (Å²) in [4.78, 5) is 38.1. The van der Waals surface area contributed by atoms with Gasteiger partial charge in [0.2, 0.25) is 0 Å². The number of hydrogen-bond donors (Lipinski definition) is 1. The number of amides is 1. The fourth-order valence-electron chi connectivity index (χ4n) is 4.03. The highest BCUT2D eigenvalue weighted by Gasteiger charge is 2.13. The van der Waals surface area contributed by atoms with Crippen LogP contribution in [0.4, 0.5) is 0 Å². The Hall–Kier alpha value is -4.19. The van der Waals surface area contributed by atoms with Crippen molar-refractivity contribution in [3.8, 4) is 0 Å². The molecule has 0 saturated carbocycles. The number of hydrogen-bond acceptors (Lipinski definition) is 3. The average Bonchev–Trinajstić information content (AvgIpc) is 2.88. The van der Waals surface area contributed by atoms with Gasteiger partial charge in [-0.15, -0.1) is 6.58 Å². The summed E-state index contributed by atoms with van der Waals surface area (Å²) in [6.45, 7) is 6.79. The number of para-hydroxylation sites is 2. The lowest BCUT2D eigenvalue weighted by Crippen LogP contribution is -2.41. The quantitative estimate of drug-likeness (QED) is 0.325. The Morgan fingerprint density at radius 3 is 2.12 bits per heavy atom. The van der Waals surface area contributed by atoms with E-state index in [1.54, 1.807) is 18.2 Å². The zero-order valence-corrected chi connectivity index (χ0v) is 19.1. The minimum absolute atomic E-state index is 0.149. The molecule has 4 rings (SSSR count). The summed E-state index contributed by atoms with van der Waals surface area (Å²) in [5, 5.41) is 2.98. The summed E-state index contributed by atoms with van der Waals surface area (Å²) >= 11 is 0. The Labute approximate surface area is 197 Å². The minimum Gasteiger partial charge on any atom is -0.351 e. The Bertz CT molecular complexity index is 1430. The van der Waals surface area contributed by atoms with Crippen LogP contribution in [0.2, 0.25) is 0 Å². The molecule has 0 saturated heterocycles. The highest BCUT2D eigenvalue weighted by atomic mass is 16.2. The standard InChI is InChI=1S/C28H27N3O3/c1-3-17-30-24-11-7-8-12-25(24)31(28(34)27(30)33)19-21-13-15-23(16-14-21)26(32)29-18-20(2)22-9-5-4-6-10-22/h3-16,20H,1,17-19H2,2H3,(H,29,32)/t20-/m1/s1. The van der Waals surface area contributed by atoms with Crippen molar-refractivity contribution < 1.29 is 4.79 Å². The van der Waals surface area contributed by atoms with E-state index in [9.17, 15) is 14.4 Å². The lowest BCUT2D eigenvalue weighted by Gasteiger charge is -2.15. The second kappa shape index (κ2) is 10.2. The van der Waals surface area contributed by atoms with Crippen molar-refractivity contribution in [3.05, 3.63) is 129 Å². The number of nitrogens with zero attached hydrogens (tertiary/aromatic N) is 2. The van der Waals surface area contributed by atoms with E-state index in [0.29, 0.717) is 23.1 Å². The smallest absolute Gasteiger partial charge is 0.317 e. The van der Waals surface area contributed by atoms with Gasteiger partial charge in [0.25, 0.3) is 5.91 Å². The lowest BCUT2D eigenvalue weighted by atomic mass is 10.0. The number of fused-ring (bicyclic) bond motifs is 1. The Balaban J connectivity index is 1.52. The molecule has 3 aromatic carbocycles. The molecule has 0 aliphatic carbocycles. The van der Waals surface area contributed by atoms with Crippen LogP contribution >= 0.6 is 0 Å². The highest BCUT2D eigenvalue weighted by Crippen LogP contribution is 2.15. The first-order chi connectivity index (χ1) is 16.5. The van der Waals surface area contributed by atoms with Crippen molar-refractivity contribution >= 4 is 16.9 Å². The molecule has 1 heterocycles. The van der Waals surface area contributed by atoms with Crippen LogP contribution in [0, 0.1) is 0 Å². The second-order valence-corrected chi connectivity index (χ2v) is 8.30. The average molecular weight is 454 g/mol. The molecule has 6 nitrogen and oxygen atoms in total. The third-order valence-electron chi connectivity index (χ3n) is 5.94. The molecule has 4 aromatic rings. The summed E-state index contributed by atoms with van der Waals surface area (Å²) in [5.74, 6) is 0.0526. The molecule has 34 heavy (non-hydrogen) atoms. The molecule has 1 amide bonds. The number of carbonyl (C=O) groups is 1. The molecule has 0 aliphatic heterocycles. The number of rotatable bonds is 8. The van der Waals surface area contributed by atoms with Crippen LogP contribution in [-0.4, -0.2) is 21.6 Å².